The highest BCUT2D eigenvalue weighted by molar-refractivity contribution is 9.10. The van der Waals surface area contributed by atoms with Gasteiger partial charge in [0.25, 0.3) is 0 Å². The summed E-state index contributed by atoms with van der Waals surface area (Å²) in [6.45, 7) is 2.05. The molecule has 7 heteroatoms. The minimum absolute atomic E-state index is 0.0261. The van der Waals surface area contributed by atoms with Crippen molar-refractivity contribution in [1.29, 1.82) is 0 Å². The molecule has 1 aromatic heterocycles. The molecule has 0 aliphatic heterocycles. The van der Waals surface area contributed by atoms with E-state index in [1.54, 1.807) is 25.3 Å². The zero-order valence-corrected chi connectivity index (χ0v) is 17.1. The number of aromatic nitrogens is 3. The monoisotopic (exact) mass is 431 g/mol. The summed E-state index contributed by atoms with van der Waals surface area (Å²) in [6, 6.07) is 13.4. The number of hydrogen-bond acceptors (Lipinski definition) is 5. The first-order chi connectivity index (χ1) is 12.5. The van der Waals surface area contributed by atoms with Crippen LogP contribution in [0.2, 0.25) is 0 Å². The van der Waals surface area contributed by atoms with Crippen LogP contribution in [-0.4, -0.2) is 33.4 Å². The zero-order chi connectivity index (χ0) is 18.7. The molecule has 3 rings (SSSR count). The first kappa shape index (κ1) is 18.7. The number of aryl methyl sites for hydroxylation is 1. The van der Waals surface area contributed by atoms with Crippen LogP contribution in [0, 0.1) is 6.92 Å². The van der Waals surface area contributed by atoms with Crippen LogP contribution in [-0.2, 0) is 7.05 Å². The number of hydrogen-bond donors (Lipinski definition) is 0. The Bertz CT molecular complexity index is 938. The summed E-state index contributed by atoms with van der Waals surface area (Å²) in [6.07, 6.45) is 0. The molecule has 1 heterocycles. The van der Waals surface area contributed by atoms with Gasteiger partial charge in [0.2, 0.25) is 0 Å². The quantitative estimate of drug-likeness (QED) is 0.423. The van der Waals surface area contributed by atoms with Gasteiger partial charge in [-0.15, -0.1) is 10.2 Å². The molecule has 0 saturated carbocycles. The Balaban J connectivity index is 1.71. The van der Waals surface area contributed by atoms with Crippen molar-refractivity contribution in [1.82, 2.24) is 14.8 Å². The third kappa shape index (κ3) is 3.99. The summed E-state index contributed by atoms with van der Waals surface area (Å²) in [5.74, 6) is 1.80. The maximum absolute atomic E-state index is 12.5. The average molecular weight is 432 g/mol. The summed E-state index contributed by atoms with van der Waals surface area (Å²) in [4.78, 5) is 12.5. The molecule has 0 bridgehead atoms. The second-order valence-electron chi connectivity index (χ2n) is 5.79. The highest BCUT2D eigenvalue weighted by Gasteiger charge is 2.14. The fourth-order valence-corrected chi connectivity index (χ4v) is 3.79. The summed E-state index contributed by atoms with van der Waals surface area (Å²) < 4.78 is 7.86. The van der Waals surface area contributed by atoms with Crippen molar-refractivity contribution in [2.24, 2.45) is 7.05 Å². The molecule has 26 heavy (non-hydrogen) atoms. The molecule has 134 valence electrons. The minimum Gasteiger partial charge on any atom is -0.496 e. The molecule has 0 fully saturated rings. The third-order valence-corrected chi connectivity index (χ3v) is 5.59. The van der Waals surface area contributed by atoms with E-state index in [-0.39, 0.29) is 5.78 Å². The number of Topliss-reactive ketones (excluding diaryl/α,β-unsaturated/α-hetero) is 1. The van der Waals surface area contributed by atoms with E-state index in [1.165, 1.54) is 17.3 Å². The molecule has 0 saturated heterocycles. The molecule has 0 amide bonds. The Morgan fingerprint density at radius 3 is 2.58 bits per heavy atom. The van der Waals surface area contributed by atoms with E-state index in [0.717, 1.165) is 15.9 Å². The Hall–Kier alpha value is -2.12. The van der Waals surface area contributed by atoms with E-state index in [1.807, 2.05) is 42.8 Å². The first-order valence-electron chi connectivity index (χ1n) is 7.95. The highest BCUT2D eigenvalue weighted by atomic mass is 79.9. The minimum atomic E-state index is 0.0261. The van der Waals surface area contributed by atoms with Gasteiger partial charge in [-0.05, 0) is 41.1 Å². The predicted molar refractivity (Wildman–Crippen MR) is 107 cm³/mol. The topological polar surface area (TPSA) is 57.0 Å². The molecule has 0 unspecified atom stereocenters. The standard InChI is InChI=1S/C19H18BrN3O2S/c1-12-4-6-13(7-5-12)18-21-22-19(23(18)2)26-11-16(24)14-8-9-17(25-3)15(20)10-14/h4-10H,11H2,1-3H3. The summed E-state index contributed by atoms with van der Waals surface area (Å²) in [7, 11) is 3.50. The number of rotatable bonds is 6. The van der Waals surface area contributed by atoms with Crippen LogP contribution in [0.1, 0.15) is 15.9 Å². The molecule has 0 spiro atoms. The first-order valence-corrected chi connectivity index (χ1v) is 9.73. The van der Waals surface area contributed by atoms with Gasteiger partial charge in [-0.1, -0.05) is 41.6 Å². The van der Waals surface area contributed by atoms with Crippen LogP contribution in [0.25, 0.3) is 11.4 Å². The molecular weight excluding hydrogens is 414 g/mol. The lowest BCUT2D eigenvalue weighted by atomic mass is 10.1. The van der Waals surface area contributed by atoms with Gasteiger partial charge in [-0.3, -0.25) is 4.79 Å². The van der Waals surface area contributed by atoms with Crippen molar-refractivity contribution in [3.05, 3.63) is 58.1 Å². The van der Waals surface area contributed by atoms with Crippen molar-refractivity contribution in [3.8, 4) is 17.1 Å². The molecule has 0 aliphatic rings. The molecule has 0 N–H and O–H groups in total. The summed E-state index contributed by atoms with van der Waals surface area (Å²) in [5, 5.41) is 9.19. The van der Waals surface area contributed by atoms with Crippen LogP contribution < -0.4 is 4.74 Å². The fourth-order valence-electron chi connectivity index (χ4n) is 2.45. The van der Waals surface area contributed by atoms with Crippen molar-refractivity contribution in [2.45, 2.75) is 12.1 Å². The number of halogens is 1. The van der Waals surface area contributed by atoms with Gasteiger partial charge in [0.05, 0.1) is 17.3 Å². The SMILES string of the molecule is COc1ccc(C(=O)CSc2nnc(-c3ccc(C)cc3)n2C)cc1Br. The van der Waals surface area contributed by atoms with Gasteiger partial charge in [0.1, 0.15) is 5.75 Å². The van der Waals surface area contributed by atoms with Crippen molar-refractivity contribution < 1.29 is 9.53 Å². The predicted octanol–water partition coefficient (Wildman–Crippen LogP) is 4.54. The Kier molecular flexibility index (Phi) is 5.78. The number of carbonyl (C=O) groups is 1. The van der Waals surface area contributed by atoms with Gasteiger partial charge < -0.3 is 9.30 Å². The van der Waals surface area contributed by atoms with Gasteiger partial charge in [-0.2, -0.15) is 0 Å². The lowest BCUT2D eigenvalue weighted by Gasteiger charge is -2.06. The van der Waals surface area contributed by atoms with Gasteiger partial charge in [0, 0.05) is 18.2 Å². The molecule has 5 nitrogen and oxygen atoms in total. The van der Waals surface area contributed by atoms with E-state index >= 15 is 0 Å². The number of benzene rings is 2. The molecule has 3 aromatic rings. The van der Waals surface area contributed by atoms with E-state index in [9.17, 15) is 4.79 Å². The van der Waals surface area contributed by atoms with Crippen LogP contribution >= 0.6 is 27.7 Å². The van der Waals surface area contributed by atoms with E-state index in [2.05, 4.69) is 26.1 Å². The van der Waals surface area contributed by atoms with Gasteiger partial charge >= 0.3 is 0 Å². The van der Waals surface area contributed by atoms with Crippen molar-refractivity contribution >= 4 is 33.5 Å². The summed E-state index contributed by atoms with van der Waals surface area (Å²) in [5.41, 5.74) is 2.83. The lowest BCUT2D eigenvalue weighted by Crippen LogP contribution is -2.04. The maximum Gasteiger partial charge on any atom is 0.191 e. The highest BCUT2D eigenvalue weighted by Crippen LogP contribution is 2.27. The van der Waals surface area contributed by atoms with Crippen LogP contribution in [0.4, 0.5) is 0 Å². The van der Waals surface area contributed by atoms with Gasteiger partial charge in [0.15, 0.2) is 16.8 Å². The van der Waals surface area contributed by atoms with Crippen LogP contribution in [0.5, 0.6) is 5.75 Å². The second-order valence-corrected chi connectivity index (χ2v) is 7.59. The summed E-state index contributed by atoms with van der Waals surface area (Å²) >= 11 is 4.78. The Labute approximate surface area is 164 Å². The number of thioether (sulfide) groups is 1. The molecular formula is C19H18BrN3O2S. The Morgan fingerprint density at radius 2 is 1.92 bits per heavy atom. The molecule has 0 aliphatic carbocycles. The largest absolute Gasteiger partial charge is 0.496 e. The fraction of sp³-hybridized carbons (Fsp3) is 0.211. The molecule has 0 radical (unpaired) electrons. The number of ether oxygens (including phenoxy) is 1. The number of methoxy groups -OCH3 is 1. The van der Waals surface area contributed by atoms with Crippen LogP contribution in [0.15, 0.2) is 52.1 Å². The normalized spacial score (nSPS) is 10.8. The van der Waals surface area contributed by atoms with Crippen LogP contribution in [0.3, 0.4) is 0 Å². The zero-order valence-electron chi connectivity index (χ0n) is 14.7. The Morgan fingerprint density at radius 1 is 1.19 bits per heavy atom. The van der Waals surface area contributed by atoms with E-state index in [0.29, 0.717) is 22.2 Å². The number of carbonyl (C=O) groups excluding carboxylic acids is 1. The van der Waals surface area contributed by atoms with Gasteiger partial charge in [-0.25, -0.2) is 0 Å². The molecule has 2 aromatic carbocycles. The average Bonchev–Trinajstić information content (AvgIpc) is 3.01. The van der Waals surface area contributed by atoms with Crippen molar-refractivity contribution in [2.75, 3.05) is 12.9 Å². The third-order valence-electron chi connectivity index (χ3n) is 3.95. The van der Waals surface area contributed by atoms with E-state index in [4.69, 9.17) is 4.74 Å². The lowest BCUT2D eigenvalue weighted by molar-refractivity contribution is 0.102. The number of nitrogens with zero attached hydrogens (tertiary/aromatic N) is 3. The molecule has 0 atom stereocenters. The van der Waals surface area contributed by atoms with E-state index < -0.39 is 0 Å². The smallest absolute Gasteiger partial charge is 0.191 e. The van der Waals surface area contributed by atoms with Crippen molar-refractivity contribution in [3.63, 3.8) is 0 Å². The maximum atomic E-state index is 12.5. The number of ketones is 1. The second kappa shape index (κ2) is 8.05.